The predicted molar refractivity (Wildman–Crippen MR) is 116 cm³/mol. The molecule has 168 valence electrons. The van der Waals surface area contributed by atoms with E-state index in [0.29, 0.717) is 6.42 Å². The van der Waals surface area contributed by atoms with Crippen molar-refractivity contribution < 1.29 is 29.0 Å². The van der Waals surface area contributed by atoms with Crippen molar-refractivity contribution in [1.82, 2.24) is 10.2 Å². The number of ether oxygens (including phenoxy) is 2. The molecule has 1 heterocycles. The molecule has 1 aliphatic carbocycles. The maximum atomic E-state index is 12.8. The number of carboxylic acid groups (broad SMARTS) is 1. The van der Waals surface area contributed by atoms with Crippen LogP contribution < -0.4 is 5.32 Å². The van der Waals surface area contributed by atoms with Crippen LogP contribution in [0, 0.1) is 0 Å². The smallest absolute Gasteiger partial charge is 0.407 e. The number of benzene rings is 2. The van der Waals surface area contributed by atoms with Crippen LogP contribution in [0.1, 0.15) is 30.4 Å². The van der Waals surface area contributed by atoms with Crippen molar-refractivity contribution in [2.24, 2.45) is 0 Å². The van der Waals surface area contributed by atoms with Crippen molar-refractivity contribution in [3.8, 4) is 11.1 Å². The molecule has 2 unspecified atom stereocenters. The van der Waals surface area contributed by atoms with Gasteiger partial charge in [-0.05, 0) is 28.7 Å². The number of carbonyl (C=O) groups excluding carboxylic acids is 2. The van der Waals surface area contributed by atoms with Crippen molar-refractivity contribution in [2.45, 2.75) is 31.4 Å². The number of aliphatic carboxylic acids is 1. The average molecular weight is 438 g/mol. The standard InChI is InChI=1S/C24H26N2O6/c1-2-20(22(27)26-11-12-31-21(13-26)23(28)29)25-24(30)32-14-19-17-9-5-3-7-15(17)16-8-4-6-10-18(16)19/h3-10,19-21H,2,11-14H2,1H3,(H,25,30)(H,28,29). The van der Waals surface area contributed by atoms with E-state index in [1.54, 1.807) is 6.92 Å². The highest BCUT2D eigenvalue weighted by atomic mass is 16.5. The van der Waals surface area contributed by atoms with Gasteiger partial charge in [0.25, 0.3) is 0 Å². The molecule has 0 aromatic heterocycles. The van der Waals surface area contributed by atoms with Gasteiger partial charge < -0.3 is 24.8 Å². The van der Waals surface area contributed by atoms with Gasteiger partial charge in [-0.25, -0.2) is 9.59 Å². The first-order valence-electron chi connectivity index (χ1n) is 10.7. The third-order valence-corrected chi connectivity index (χ3v) is 6.00. The number of morpholine rings is 1. The lowest BCUT2D eigenvalue weighted by atomic mass is 9.98. The highest BCUT2D eigenvalue weighted by Crippen LogP contribution is 2.44. The van der Waals surface area contributed by atoms with Gasteiger partial charge >= 0.3 is 12.1 Å². The second kappa shape index (κ2) is 9.40. The zero-order chi connectivity index (χ0) is 22.7. The number of alkyl carbamates (subject to hydrolysis) is 1. The molecule has 0 saturated carbocycles. The number of nitrogens with zero attached hydrogens (tertiary/aromatic N) is 1. The Balaban J connectivity index is 1.38. The molecule has 1 fully saturated rings. The molecule has 8 heteroatoms. The van der Waals surface area contributed by atoms with Crippen LogP contribution in [0.2, 0.25) is 0 Å². The molecule has 4 rings (SSSR count). The molecular formula is C24H26N2O6. The Morgan fingerprint density at radius 3 is 2.34 bits per heavy atom. The van der Waals surface area contributed by atoms with Crippen molar-refractivity contribution in [3.63, 3.8) is 0 Å². The van der Waals surface area contributed by atoms with Crippen molar-refractivity contribution in [1.29, 1.82) is 0 Å². The van der Waals surface area contributed by atoms with Gasteiger partial charge in [-0.1, -0.05) is 55.5 Å². The Labute approximate surface area is 186 Å². The van der Waals surface area contributed by atoms with Crippen LogP contribution in [0.5, 0.6) is 0 Å². The van der Waals surface area contributed by atoms with E-state index in [1.807, 2.05) is 36.4 Å². The van der Waals surface area contributed by atoms with Gasteiger partial charge in [-0.15, -0.1) is 0 Å². The van der Waals surface area contributed by atoms with Gasteiger partial charge in [0, 0.05) is 12.5 Å². The fraction of sp³-hybridized carbons (Fsp3) is 0.375. The molecule has 2 N–H and O–H groups in total. The fourth-order valence-corrected chi connectivity index (χ4v) is 4.34. The number of nitrogens with one attached hydrogen (secondary N) is 1. The zero-order valence-corrected chi connectivity index (χ0v) is 17.8. The van der Waals surface area contributed by atoms with Gasteiger partial charge in [-0.2, -0.15) is 0 Å². The summed E-state index contributed by atoms with van der Waals surface area (Å²) in [6.07, 6.45) is -1.37. The topological polar surface area (TPSA) is 105 Å². The average Bonchev–Trinajstić information content (AvgIpc) is 3.14. The molecule has 0 radical (unpaired) electrons. The molecule has 2 atom stereocenters. The van der Waals surface area contributed by atoms with E-state index in [4.69, 9.17) is 14.6 Å². The summed E-state index contributed by atoms with van der Waals surface area (Å²) in [5.41, 5.74) is 4.49. The largest absolute Gasteiger partial charge is 0.479 e. The van der Waals surface area contributed by atoms with Crippen molar-refractivity contribution in [3.05, 3.63) is 59.7 Å². The number of hydrogen-bond donors (Lipinski definition) is 2. The van der Waals surface area contributed by atoms with Gasteiger partial charge in [0.15, 0.2) is 6.10 Å². The van der Waals surface area contributed by atoms with Crippen LogP contribution >= 0.6 is 0 Å². The van der Waals surface area contributed by atoms with Gasteiger partial charge in [0.05, 0.1) is 13.2 Å². The lowest BCUT2D eigenvalue weighted by molar-refractivity contribution is -0.160. The molecule has 32 heavy (non-hydrogen) atoms. The number of rotatable bonds is 6. The zero-order valence-electron chi connectivity index (χ0n) is 17.8. The summed E-state index contributed by atoms with van der Waals surface area (Å²) in [5, 5.41) is 11.8. The summed E-state index contributed by atoms with van der Waals surface area (Å²) < 4.78 is 10.7. The van der Waals surface area contributed by atoms with E-state index in [-0.39, 0.29) is 38.1 Å². The van der Waals surface area contributed by atoms with Crippen molar-refractivity contribution >= 4 is 18.0 Å². The number of hydrogen-bond acceptors (Lipinski definition) is 5. The maximum absolute atomic E-state index is 12.8. The Kier molecular flexibility index (Phi) is 6.41. The van der Waals surface area contributed by atoms with Crippen LogP contribution in [0.3, 0.4) is 0 Å². The molecule has 1 aliphatic heterocycles. The molecular weight excluding hydrogens is 412 g/mol. The first kappa shape index (κ1) is 21.8. The molecule has 2 aromatic rings. The van der Waals surface area contributed by atoms with E-state index in [1.165, 1.54) is 4.90 Å². The summed E-state index contributed by atoms with van der Waals surface area (Å²) in [6, 6.07) is 15.3. The molecule has 2 aliphatic rings. The summed E-state index contributed by atoms with van der Waals surface area (Å²) in [5.74, 6) is -1.52. The van der Waals surface area contributed by atoms with Gasteiger partial charge in [0.2, 0.25) is 5.91 Å². The number of amides is 2. The summed E-state index contributed by atoms with van der Waals surface area (Å²) >= 11 is 0. The first-order valence-corrected chi connectivity index (χ1v) is 10.7. The monoisotopic (exact) mass is 438 g/mol. The van der Waals surface area contributed by atoms with Gasteiger partial charge in [0.1, 0.15) is 12.6 Å². The SMILES string of the molecule is CCC(NC(=O)OCC1c2ccccc2-c2ccccc21)C(=O)N1CCOC(C(=O)O)C1. The molecule has 8 nitrogen and oxygen atoms in total. The minimum Gasteiger partial charge on any atom is -0.479 e. The van der Waals surface area contributed by atoms with E-state index < -0.39 is 24.2 Å². The third kappa shape index (κ3) is 4.31. The molecule has 2 aromatic carbocycles. The van der Waals surface area contributed by atoms with Crippen LogP contribution in [0.15, 0.2) is 48.5 Å². The lowest BCUT2D eigenvalue weighted by Gasteiger charge is -2.33. The molecule has 1 saturated heterocycles. The third-order valence-electron chi connectivity index (χ3n) is 6.00. The van der Waals surface area contributed by atoms with E-state index in [0.717, 1.165) is 22.3 Å². The van der Waals surface area contributed by atoms with Crippen LogP contribution in [-0.2, 0) is 19.1 Å². The van der Waals surface area contributed by atoms with E-state index >= 15 is 0 Å². The van der Waals surface area contributed by atoms with Crippen LogP contribution in [0.4, 0.5) is 4.79 Å². The summed E-state index contributed by atoms with van der Waals surface area (Å²) in [6.45, 7) is 2.32. The fourth-order valence-electron chi connectivity index (χ4n) is 4.34. The summed E-state index contributed by atoms with van der Waals surface area (Å²) in [7, 11) is 0. The van der Waals surface area contributed by atoms with Crippen LogP contribution in [-0.4, -0.2) is 66.4 Å². The molecule has 2 amide bonds. The molecule has 0 spiro atoms. The minimum atomic E-state index is -1.11. The number of carboxylic acids is 1. The predicted octanol–water partition coefficient (Wildman–Crippen LogP) is 2.62. The van der Waals surface area contributed by atoms with Gasteiger partial charge in [-0.3, -0.25) is 4.79 Å². The number of carbonyl (C=O) groups is 3. The maximum Gasteiger partial charge on any atom is 0.407 e. The normalized spacial score (nSPS) is 18.4. The van der Waals surface area contributed by atoms with E-state index in [2.05, 4.69) is 17.4 Å². The Morgan fingerprint density at radius 2 is 1.75 bits per heavy atom. The molecule has 0 bridgehead atoms. The second-order valence-corrected chi connectivity index (χ2v) is 7.91. The second-order valence-electron chi connectivity index (χ2n) is 7.91. The Hall–Kier alpha value is -3.39. The first-order chi connectivity index (χ1) is 15.5. The lowest BCUT2D eigenvalue weighted by Crippen LogP contribution is -2.55. The van der Waals surface area contributed by atoms with Crippen molar-refractivity contribution in [2.75, 3.05) is 26.3 Å². The van der Waals surface area contributed by atoms with E-state index in [9.17, 15) is 14.4 Å². The highest BCUT2D eigenvalue weighted by Gasteiger charge is 2.33. The minimum absolute atomic E-state index is 0.0446. The number of fused-ring (bicyclic) bond motifs is 3. The summed E-state index contributed by atoms with van der Waals surface area (Å²) in [4.78, 5) is 37.9. The Bertz CT molecular complexity index is 978. The highest BCUT2D eigenvalue weighted by molar-refractivity contribution is 5.86. The van der Waals surface area contributed by atoms with Crippen LogP contribution in [0.25, 0.3) is 11.1 Å². The quantitative estimate of drug-likeness (QED) is 0.718. The Morgan fingerprint density at radius 1 is 1.12 bits per heavy atom.